The highest BCUT2D eigenvalue weighted by molar-refractivity contribution is 7.50. The monoisotopic (exact) mass is 1610 g/mol. The summed E-state index contributed by atoms with van der Waals surface area (Å²) in [6.07, 6.45) is 0. The van der Waals surface area contributed by atoms with Gasteiger partial charge >= 0.3 is 31.3 Å². The van der Waals surface area contributed by atoms with Gasteiger partial charge in [-0.3, -0.25) is 4.52 Å². The largest absolute Gasteiger partial charge is 0.647 e. The van der Waals surface area contributed by atoms with E-state index in [1.807, 2.05) is 231 Å². The Bertz CT molecular complexity index is 3710. The standard InChI is InChI=1S/C39H34O8P2.C18H15O4P.C13H13O4P.11C2H6/c1-39(2,31-23-27-37(28-24-31)46-48(40,42-33-15-7-3-8-16-33)43-34-17-9-4-10-18-34)32-25-29-38(30-26-32)47-49(41,44-35-19-11-5-12-20-35)45-36-21-13-6-14-22-36;19-23(20-16-10-4-1-5-11-16,21-17-12-6-2-7-13-17)22-18-14-8-3-9-15-18;1-15-18(14,16-12-8-4-2-5-9-12)17-13-10-6-3-7-11-13;11*1-2/h3-30H,1-2H3;1-15H;2-11H,1H3;11*1-2H3. The first-order valence-corrected chi connectivity index (χ1v) is 44.8. The molecule has 112 heavy (non-hydrogen) atoms. The highest BCUT2D eigenvalue weighted by atomic mass is 31.2. The maximum atomic E-state index is 13.8. The predicted octanol–water partition coefficient (Wildman–Crippen LogP) is 31.8. The molecule has 11 rings (SSSR count). The number of benzene rings is 11. The Morgan fingerprint density at radius 2 is 0.277 bits per heavy atom. The van der Waals surface area contributed by atoms with E-state index < -0.39 is 36.7 Å². The molecule has 0 saturated carbocycles. The minimum absolute atomic E-state index is 0.311. The Balaban J connectivity index is -0.00000157. The quantitative estimate of drug-likeness (QED) is 0.0493. The van der Waals surface area contributed by atoms with E-state index in [2.05, 4.69) is 13.8 Å². The molecule has 16 nitrogen and oxygen atoms in total. The molecule has 0 aliphatic rings. The van der Waals surface area contributed by atoms with Crippen LogP contribution in [0.1, 0.15) is 177 Å². The number of rotatable bonds is 25. The lowest BCUT2D eigenvalue weighted by Crippen LogP contribution is -2.18. The second-order valence-electron chi connectivity index (χ2n) is 19.5. The summed E-state index contributed by atoms with van der Waals surface area (Å²) in [4.78, 5) is 0. The SMILES string of the molecule is CC.CC.CC.CC.CC.CC.CC.CC.CC.CC.CC.CC(C)(c1ccc(OP(=O)(Oc2ccccc2)Oc2ccccc2)cc1)c1ccc(OP(=O)(Oc2ccccc2)Oc2ccccc2)cc1.COP(=O)(Oc1ccccc1)Oc1ccccc1.O=P(Oc1ccccc1)(Oc1ccccc1)Oc1ccccc1. The summed E-state index contributed by atoms with van der Waals surface area (Å²) >= 11 is 0. The Morgan fingerprint density at radius 1 is 0.170 bits per heavy atom. The number of hydrogen-bond acceptors (Lipinski definition) is 16. The molecule has 0 radical (unpaired) electrons. The maximum absolute atomic E-state index is 13.8. The van der Waals surface area contributed by atoms with E-state index in [9.17, 15) is 18.3 Å². The van der Waals surface area contributed by atoms with E-state index in [0.717, 1.165) is 11.1 Å². The molecule has 11 aromatic rings. The lowest BCUT2D eigenvalue weighted by molar-refractivity contribution is 0.249. The van der Waals surface area contributed by atoms with Gasteiger partial charge in [0, 0.05) is 12.5 Å². The number of phosphoric acid groups is 4. The second kappa shape index (κ2) is 65.8. The third-order valence-corrected chi connectivity index (χ3v) is 17.7. The molecule has 0 N–H and O–H groups in total. The molecular weight excluding hydrogens is 1480 g/mol. The van der Waals surface area contributed by atoms with Gasteiger partial charge in [-0.15, -0.1) is 0 Å². The van der Waals surface area contributed by atoms with Gasteiger partial charge in [-0.1, -0.05) is 354 Å². The van der Waals surface area contributed by atoms with Crippen molar-refractivity contribution in [2.45, 2.75) is 172 Å². The summed E-state index contributed by atoms with van der Waals surface area (Å²) < 4.78 is 120. The van der Waals surface area contributed by atoms with Crippen molar-refractivity contribution in [1.82, 2.24) is 0 Å². The molecule has 0 aliphatic heterocycles. The zero-order chi connectivity index (χ0) is 85.0. The Hall–Kier alpha value is -9.90. The molecule has 0 spiro atoms. The lowest BCUT2D eigenvalue weighted by Gasteiger charge is -2.27. The van der Waals surface area contributed by atoms with Crippen LogP contribution >= 0.6 is 31.3 Å². The fourth-order valence-corrected chi connectivity index (χ4v) is 12.7. The molecule has 20 heteroatoms. The Labute approximate surface area is 674 Å². The molecule has 0 aromatic heterocycles. The van der Waals surface area contributed by atoms with Crippen molar-refractivity contribution in [1.29, 1.82) is 0 Å². The molecule has 0 fully saturated rings. The van der Waals surface area contributed by atoms with Crippen molar-refractivity contribution in [2.75, 3.05) is 7.11 Å². The minimum Gasteiger partial charge on any atom is -0.395 e. The molecule has 0 heterocycles. The minimum atomic E-state index is -4.12. The first kappa shape index (κ1) is 106. The summed E-state index contributed by atoms with van der Waals surface area (Å²) in [6.45, 7) is 48.1. The molecule has 0 atom stereocenters. The fraction of sp³-hybridized carbons (Fsp3) is 0.283. The zero-order valence-electron chi connectivity index (χ0n) is 70.9. The van der Waals surface area contributed by atoms with Crippen LogP contribution in [0.5, 0.6) is 63.2 Å². The number of hydrogen-bond donors (Lipinski definition) is 0. The molecule has 0 bridgehead atoms. The van der Waals surface area contributed by atoms with Crippen molar-refractivity contribution in [2.24, 2.45) is 0 Å². The van der Waals surface area contributed by atoms with E-state index in [1.165, 1.54) is 7.11 Å². The second-order valence-corrected chi connectivity index (χ2v) is 25.4. The van der Waals surface area contributed by atoms with Gasteiger partial charge in [0.05, 0.1) is 0 Å². The Kier molecular flexibility index (Phi) is 62.4. The lowest BCUT2D eigenvalue weighted by atomic mass is 9.78. The summed E-state index contributed by atoms with van der Waals surface area (Å²) in [5.74, 6) is 4.09. The highest BCUT2D eigenvalue weighted by Gasteiger charge is 2.36. The average molecular weight is 1610 g/mol. The van der Waals surface area contributed by atoms with Crippen LogP contribution in [-0.4, -0.2) is 7.11 Å². The van der Waals surface area contributed by atoms with Crippen LogP contribution in [0.2, 0.25) is 0 Å². The number of para-hydroxylation sites is 9. The molecule has 0 aliphatic carbocycles. The Morgan fingerprint density at radius 3 is 0.393 bits per heavy atom. The fourth-order valence-electron chi connectivity index (χ4n) is 8.04. The van der Waals surface area contributed by atoms with Crippen LogP contribution < -0.4 is 49.8 Å². The normalized spacial score (nSPS) is 9.65. The third-order valence-electron chi connectivity index (χ3n) is 12.5. The van der Waals surface area contributed by atoms with E-state index in [-0.39, 0.29) is 0 Å². The van der Waals surface area contributed by atoms with E-state index in [4.69, 9.17) is 54.3 Å². The predicted molar refractivity (Wildman–Crippen MR) is 472 cm³/mol. The van der Waals surface area contributed by atoms with Crippen molar-refractivity contribution in [3.8, 4) is 63.2 Å². The van der Waals surface area contributed by atoms with E-state index >= 15 is 0 Å². The van der Waals surface area contributed by atoms with Gasteiger partial charge in [0.25, 0.3) is 0 Å². The van der Waals surface area contributed by atoms with Gasteiger partial charge < -0.3 is 49.8 Å². The third kappa shape index (κ3) is 42.5. The van der Waals surface area contributed by atoms with Crippen LogP contribution in [0, 0.1) is 0 Å². The van der Waals surface area contributed by atoms with Crippen LogP contribution in [0.4, 0.5) is 0 Å². The average Bonchev–Trinajstić information content (AvgIpc) is 0.802. The van der Waals surface area contributed by atoms with Crippen LogP contribution in [-0.2, 0) is 28.2 Å². The van der Waals surface area contributed by atoms with Gasteiger partial charge in [-0.25, -0.2) is 4.57 Å². The van der Waals surface area contributed by atoms with Crippen molar-refractivity contribution < 1.29 is 72.5 Å². The molecule has 0 saturated heterocycles. The van der Waals surface area contributed by atoms with Crippen molar-refractivity contribution >= 4 is 31.3 Å². The first-order chi connectivity index (χ1) is 54.6. The van der Waals surface area contributed by atoms with Crippen molar-refractivity contribution in [3.05, 3.63) is 333 Å². The first-order valence-electron chi connectivity index (χ1n) is 38.9. The molecular formula is C92H128O16P4. The smallest absolute Gasteiger partial charge is 0.395 e. The summed E-state index contributed by atoms with van der Waals surface area (Å²) in [5, 5.41) is 0. The van der Waals surface area contributed by atoms with E-state index in [1.54, 1.807) is 243 Å². The summed E-state index contributed by atoms with van der Waals surface area (Å²) in [5.41, 5.74) is 1.45. The summed E-state index contributed by atoms with van der Waals surface area (Å²) in [7, 11) is -14.5. The van der Waals surface area contributed by atoms with Crippen LogP contribution in [0.25, 0.3) is 0 Å². The van der Waals surface area contributed by atoms with Gasteiger partial charge in [-0.2, -0.15) is 13.7 Å². The molecule has 0 unspecified atom stereocenters. The highest BCUT2D eigenvalue weighted by Crippen LogP contribution is 2.53. The van der Waals surface area contributed by atoms with E-state index in [0.29, 0.717) is 63.2 Å². The topological polar surface area (TPSA) is 179 Å². The maximum Gasteiger partial charge on any atom is 0.647 e. The van der Waals surface area contributed by atoms with Gasteiger partial charge in [0.2, 0.25) is 0 Å². The van der Waals surface area contributed by atoms with Crippen LogP contribution in [0.3, 0.4) is 0 Å². The summed E-state index contributed by atoms with van der Waals surface area (Å²) in [6, 6.07) is 93.2. The van der Waals surface area contributed by atoms with Crippen molar-refractivity contribution in [3.63, 3.8) is 0 Å². The number of phosphoric ester groups is 4. The molecule has 612 valence electrons. The zero-order valence-corrected chi connectivity index (χ0v) is 74.5. The molecule has 11 aromatic carbocycles. The van der Waals surface area contributed by atoms with Gasteiger partial charge in [-0.05, 0) is 145 Å². The molecule has 0 amide bonds. The van der Waals surface area contributed by atoms with Gasteiger partial charge in [0.1, 0.15) is 63.2 Å². The van der Waals surface area contributed by atoms with Gasteiger partial charge in [0.15, 0.2) is 0 Å². The van der Waals surface area contributed by atoms with Crippen LogP contribution in [0.15, 0.2) is 322 Å².